The second-order valence-corrected chi connectivity index (χ2v) is 5.95. The van der Waals surface area contributed by atoms with Crippen LogP contribution in [0.2, 0.25) is 0 Å². The van der Waals surface area contributed by atoms with Crippen molar-refractivity contribution in [3.05, 3.63) is 71.0 Å². The highest BCUT2D eigenvalue weighted by atomic mass is 79.9. The Bertz CT molecular complexity index is 895. The number of nitrogens with zero attached hydrogens (tertiary/aromatic N) is 3. The summed E-state index contributed by atoms with van der Waals surface area (Å²) in [5, 5.41) is 13.0. The van der Waals surface area contributed by atoms with Gasteiger partial charge in [0, 0.05) is 4.47 Å². The highest BCUT2D eigenvalue weighted by Gasteiger charge is 2.13. The summed E-state index contributed by atoms with van der Waals surface area (Å²) in [7, 11) is 0. The van der Waals surface area contributed by atoms with Crippen molar-refractivity contribution >= 4 is 33.4 Å². The van der Waals surface area contributed by atoms with Crippen LogP contribution < -0.4 is 10.6 Å². The summed E-state index contributed by atoms with van der Waals surface area (Å²) in [4.78, 5) is 24.0. The second-order valence-electron chi connectivity index (χ2n) is 5.09. The normalized spacial score (nSPS) is 10.3. The number of hydrogen-bond acceptors (Lipinski definition) is 4. The van der Waals surface area contributed by atoms with Gasteiger partial charge in [-0.15, -0.1) is 5.10 Å². The van der Waals surface area contributed by atoms with Crippen LogP contribution in [0.4, 0.5) is 5.69 Å². The SMILES string of the molecule is O=C(CNC(=O)c1cn(-c2ccccc2)nn1)Nc1ccccc1Br. The van der Waals surface area contributed by atoms with Crippen LogP contribution in [0.15, 0.2) is 65.3 Å². The van der Waals surface area contributed by atoms with E-state index < -0.39 is 5.91 Å². The number of aromatic nitrogens is 3. The third-order valence-corrected chi connectivity index (χ3v) is 4.00. The van der Waals surface area contributed by atoms with Gasteiger partial charge in [-0.05, 0) is 40.2 Å². The minimum absolute atomic E-state index is 0.137. The zero-order chi connectivity index (χ0) is 17.6. The number of hydrogen-bond donors (Lipinski definition) is 2. The molecule has 0 aliphatic heterocycles. The molecule has 0 radical (unpaired) electrons. The Labute approximate surface area is 152 Å². The topological polar surface area (TPSA) is 88.9 Å². The Hall–Kier alpha value is -3.00. The predicted molar refractivity (Wildman–Crippen MR) is 96.5 cm³/mol. The van der Waals surface area contributed by atoms with Crippen molar-refractivity contribution in [2.45, 2.75) is 0 Å². The van der Waals surface area contributed by atoms with E-state index in [0.29, 0.717) is 5.69 Å². The molecule has 2 aromatic carbocycles. The van der Waals surface area contributed by atoms with Gasteiger partial charge in [0.2, 0.25) is 5.91 Å². The maximum Gasteiger partial charge on any atom is 0.273 e. The Balaban J connectivity index is 1.57. The van der Waals surface area contributed by atoms with E-state index in [0.717, 1.165) is 10.2 Å². The Morgan fingerprint density at radius 3 is 2.52 bits per heavy atom. The molecular weight excluding hydrogens is 386 g/mol. The van der Waals surface area contributed by atoms with Crippen molar-refractivity contribution in [2.24, 2.45) is 0 Å². The van der Waals surface area contributed by atoms with Crippen molar-refractivity contribution in [1.29, 1.82) is 0 Å². The summed E-state index contributed by atoms with van der Waals surface area (Å²) >= 11 is 3.34. The predicted octanol–water partition coefficient (Wildman–Crippen LogP) is 2.40. The van der Waals surface area contributed by atoms with E-state index in [-0.39, 0.29) is 18.1 Å². The number of amides is 2. The molecule has 0 saturated carbocycles. The molecule has 1 heterocycles. The van der Waals surface area contributed by atoms with Gasteiger partial charge < -0.3 is 10.6 Å². The van der Waals surface area contributed by atoms with Gasteiger partial charge in [0.05, 0.1) is 24.1 Å². The minimum atomic E-state index is -0.468. The third-order valence-electron chi connectivity index (χ3n) is 3.30. The molecule has 2 amide bonds. The van der Waals surface area contributed by atoms with Crippen molar-refractivity contribution in [3.63, 3.8) is 0 Å². The first kappa shape index (κ1) is 16.8. The molecule has 0 aliphatic carbocycles. The van der Waals surface area contributed by atoms with E-state index in [4.69, 9.17) is 0 Å². The van der Waals surface area contributed by atoms with Gasteiger partial charge in [-0.1, -0.05) is 35.5 Å². The van der Waals surface area contributed by atoms with Crippen LogP contribution in [0.3, 0.4) is 0 Å². The molecule has 3 rings (SSSR count). The number of halogens is 1. The smallest absolute Gasteiger partial charge is 0.273 e. The summed E-state index contributed by atoms with van der Waals surface area (Å²) in [5.41, 5.74) is 1.56. The maximum absolute atomic E-state index is 12.1. The van der Waals surface area contributed by atoms with Crippen LogP contribution in [-0.2, 0) is 4.79 Å². The van der Waals surface area contributed by atoms with E-state index in [1.807, 2.05) is 42.5 Å². The molecule has 0 unspecified atom stereocenters. The van der Waals surface area contributed by atoms with E-state index in [1.165, 1.54) is 10.9 Å². The minimum Gasteiger partial charge on any atom is -0.342 e. The lowest BCUT2D eigenvalue weighted by Gasteiger charge is -2.07. The van der Waals surface area contributed by atoms with Crippen LogP contribution in [0.5, 0.6) is 0 Å². The van der Waals surface area contributed by atoms with Crippen molar-refractivity contribution in [1.82, 2.24) is 20.3 Å². The lowest BCUT2D eigenvalue weighted by Crippen LogP contribution is -2.33. The largest absolute Gasteiger partial charge is 0.342 e. The molecule has 25 heavy (non-hydrogen) atoms. The van der Waals surface area contributed by atoms with Gasteiger partial charge in [-0.2, -0.15) is 0 Å². The number of carbonyl (C=O) groups is 2. The first-order valence-electron chi connectivity index (χ1n) is 7.44. The standard InChI is InChI=1S/C17H14BrN5O2/c18-13-8-4-5-9-14(13)20-16(24)10-19-17(25)15-11-23(22-21-15)12-6-2-1-3-7-12/h1-9,11H,10H2,(H,19,25)(H,20,24). The monoisotopic (exact) mass is 399 g/mol. The molecule has 0 bridgehead atoms. The van der Waals surface area contributed by atoms with Gasteiger partial charge in [0.15, 0.2) is 5.69 Å². The fourth-order valence-corrected chi connectivity index (χ4v) is 2.47. The molecule has 0 fully saturated rings. The quantitative estimate of drug-likeness (QED) is 0.689. The maximum atomic E-state index is 12.1. The lowest BCUT2D eigenvalue weighted by atomic mass is 10.3. The number of para-hydroxylation sites is 2. The van der Waals surface area contributed by atoms with E-state index in [1.54, 1.807) is 12.1 Å². The summed E-state index contributed by atoms with van der Waals surface area (Å²) in [6.45, 7) is -0.168. The summed E-state index contributed by atoms with van der Waals surface area (Å²) in [6.07, 6.45) is 1.51. The number of carbonyl (C=O) groups excluding carboxylic acids is 2. The van der Waals surface area contributed by atoms with Crippen molar-refractivity contribution < 1.29 is 9.59 Å². The van der Waals surface area contributed by atoms with Crippen LogP contribution in [0.1, 0.15) is 10.5 Å². The summed E-state index contributed by atoms with van der Waals surface area (Å²) < 4.78 is 2.26. The lowest BCUT2D eigenvalue weighted by molar-refractivity contribution is -0.115. The fourth-order valence-electron chi connectivity index (χ4n) is 2.08. The molecule has 126 valence electrons. The Morgan fingerprint density at radius 1 is 1.04 bits per heavy atom. The van der Waals surface area contributed by atoms with Crippen LogP contribution in [0.25, 0.3) is 5.69 Å². The average Bonchev–Trinajstić information content (AvgIpc) is 3.13. The third kappa shape index (κ3) is 4.30. The van der Waals surface area contributed by atoms with Gasteiger partial charge in [0.25, 0.3) is 5.91 Å². The van der Waals surface area contributed by atoms with Crippen LogP contribution >= 0.6 is 15.9 Å². The summed E-state index contributed by atoms with van der Waals surface area (Å²) in [5.74, 6) is -0.805. The molecular formula is C17H14BrN5O2. The van der Waals surface area contributed by atoms with Crippen LogP contribution in [-0.4, -0.2) is 33.4 Å². The molecule has 3 aromatic rings. The molecule has 8 heteroatoms. The van der Waals surface area contributed by atoms with Crippen molar-refractivity contribution in [2.75, 3.05) is 11.9 Å². The van der Waals surface area contributed by atoms with E-state index in [9.17, 15) is 9.59 Å². The number of nitrogens with one attached hydrogen (secondary N) is 2. The molecule has 0 atom stereocenters. The van der Waals surface area contributed by atoms with Gasteiger partial charge in [-0.3, -0.25) is 9.59 Å². The van der Waals surface area contributed by atoms with Crippen LogP contribution in [0, 0.1) is 0 Å². The zero-order valence-corrected chi connectivity index (χ0v) is 14.6. The number of anilines is 1. The highest BCUT2D eigenvalue weighted by molar-refractivity contribution is 9.10. The molecule has 0 spiro atoms. The molecule has 1 aromatic heterocycles. The van der Waals surface area contributed by atoms with Gasteiger partial charge in [0.1, 0.15) is 0 Å². The Morgan fingerprint density at radius 2 is 1.76 bits per heavy atom. The highest BCUT2D eigenvalue weighted by Crippen LogP contribution is 2.20. The van der Waals surface area contributed by atoms with E-state index in [2.05, 4.69) is 36.9 Å². The van der Waals surface area contributed by atoms with Gasteiger partial charge in [-0.25, -0.2) is 4.68 Å². The molecule has 2 N–H and O–H groups in total. The Kier molecular flexibility index (Phi) is 5.20. The second kappa shape index (κ2) is 7.71. The molecule has 0 saturated heterocycles. The van der Waals surface area contributed by atoms with Crippen molar-refractivity contribution in [3.8, 4) is 5.69 Å². The average molecular weight is 400 g/mol. The molecule has 7 nitrogen and oxygen atoms in total. The summed E-state index contributed by atoms with van der Waals surface area (Å²) in [6, 6.07) is 16.5. The van der Waals surface area contributed by atoms with E-state index >= 15 is 0 Å². The first-order valence-corrected chi connectivity index (χ1v) is 8.23. The zero-order valence-electron chi connectivity index (χ0n) is 13.0. The first-order chi connectivity index (χ1) is 12.1. The number of rotatable bonds is 5. The van der Waals surface area contributed by atoms with Gasteiger partial charge >= 0.3 is 0 Å². The fraction of sp³-hybridized carbons (Fsp3) is 0.0588. The molecule has 0 aliphatic rings. The number of benzene rings is 2.